The molecule has 0 radical (unpaired) electrons. The van der Waals surface area contributed by atoms with Crippen molar-refractivity contribution in [2.75, 3.05) is 0 Å². The van der Waals surface area contributed by atoms with Crippen molar-refractivity contribution in [3.63, 3.8) is 0 Å². The first kappa shape index (κ1) is 16.0. The molecule has 8 bridgehead atoms. The van der Waals surface area contributed by atoms with Gasteiger partial charge in [-0.25, -0.2) is 0 Å². The van der Waals surface area contributed by atoms with E-state index in [9.17, 15) is 0 Å². The fourth-order valence-electron chi connectivity index (χ4n) is 9.58. The van der Waals surface area contributed by atoms with Crippen LogP contribution in [-0.4, -0.2) is 10.3 Å². The van der Waals surface area contributed by atoms with Crippen LogP contribution in [0.3, 0.4) is 0 Å². The lowest BCUT2D eigenvalue weighted by Crippen LogP contribution is -2.56. The Morgan fingerprint density at radius 3 is 1.24 bits per heavy atom. The Hall–Kier alpha value is -0.0100. The first-order chi connectivity index (χ1) is 12.2. The van der Waals surface area contributed by atoms with Gasteiger partial charge < -0.3 is 0 Å². The smallest absolute Gasteiger partial charge is 0.00637 e. The van der Waals surface area contributed by atoms with Crippen LogP contribution in [0.2, 0.25) is 0 Å². The summed E-state index contributed by atoms with van der Waals surface area (Å²) in [5.74, 6) is 10.2. The van der Waals surface area contributed by atoms with E-state index < -0.39 is 0 Å². The Balaban J connectivity index is 1.41. The molecule has 0 aliphatic heterocycles. The Bertz CT molecular complexity index is 505. The molecule has 0 atom stereocenters. The van der Waals surface area contributed by atoms with Crippen molar-refractivity contribution < 1.29 is 0 Å². The first-order valence-electron chi connectivity index (χ1n) is 11.5. The van der Waals surface area contributed by atoms with E-state index >= 15 is 0 Å². The molecular formula is C24H35P. The fourth-order valence-corrected chi connectivity index (χ4v) is 14.0. The minimum Gasteiger partial charge on any atom is -0.0989 e. The van der Waals surface area contributed by atoms with Crippen LogP contribution in [0.15, 0.2) is 0 Å². The van der Waals surface area contributed by atoms with Crippen molar-refractivity contribution in [1.82, 2.24) is 0 Å². The van der Waals surface area contributed by atoms with Crippen LogP contribution in [0.4, 0.5) is 0 Å². The number of rotatable bonds is 2. The summed E-state index contributed by atoms with van der Waals surface area (Å²) >= 11 is 0. The highest BCUT2D eigenvalue weighted by molar-refractivity contribution is 7.66. The fraction of sp³-hybridized carbons (Fsp3) is 0.917. The van der Waals surface area contributed by atoms with E-state index in [0.717, 1.165) is 41.9 Å². The molecule has 8 fully saturated rings. The van der Waals surface area contributed by atoms with E-state index in [1.165, 1.54) is 0 Å². The zero-order valence-electron chi connectivity index (χ0n) is 16.1. The monoisotopic (exact) mass is 354 g/mol. The molecule has 25 heavy (non-hydrogen) atoms. The summed E-state index contributed by atoms with van der Waals surface area (Å²) < 4.78 is 0. The van der Waals surface area contributed by atoms with Crippen molar-refractivity contribution in [2.45, 2.75) is 101 Å². The highest BCUT2D eigenvalue weighted by atomic mass is 31.1. The molecule has 8 aliphatic rings. The minimum atomic E-state index is -0.0759. The van der Waals surface area contributed by atoms with E-state index in [1.807, 2.05) is 0 Å². The Labute approximate surface area is 156 Å². The van der Waals surface area contributed by atoms with E-state index in [-0.39, 0.29) is 7.92 Å². The minimum absolute atomic E-state index is 0.0759. The molecule has 0 aromatic heterocycles. The van der Waals surface area contributed by atoms with Crippen molar-refractivity contribution in [3.8, 4) is 11.6 Å². The largest absolute Gasteiger partial charge is 0.0989 e. The molecule has 0 nitrogen and oxygen atoms in total. The van der Waals surface area contributed by atoms with Gasteiger partial charge in [0.05, 0.1) is 0 Å². The Morgan fingerprint density at radius 1 is 0.640 bits per heavy atom. The van der Waals surface area contributed by atoms with Gasteiger partial charge in [0.2, 0.25) is 0 Å². The summed E-state index contributed by atoms with van der Waals surface area (Å²) in [4.78, 5) is 0. The SMILES string of the molecule is CCC#CP(C12CC3CC(CC(C3)C1)C2)C12CC3CC(CC(C3)C1)C2. The summed E-state index contributed by atoms with van der Waals surface area (Å²) in [6, 6.07) is 0. The number of hydrogen-bond acceptors (Lipinski definition) is 0. The zero-order valence-corrected chi connectivity index (χ0v) is 17.0. The van der Waals surface area contributed by atoms with E-state index in [0.29, 0.717) is 10.3 Å². The average Bonchev–Trinajstić information content (AvgIpc) is 2.52. The van der Waals surface area contributed by atoms with E-state index in [1.54, 1.807) is 77.0 Å². The van der Waals surface area contributed by atoms with Crippen LogP contribution in [0, 0.1) is 47.1 Å². The van der Waals surface area contributed by atoms with E-state index in [2.05, 4.69) is 18.5 Å². The second kappa shape index (κ2) is 5.51. The molecule has 0 unspecified atom stereocenters. The van der Waals surface area contributed by atoms with E-state index in [4.69, 9.17) is 0 Å². The van der Waals surface area contributed by atoms with Gasteiger partial charge in [0.1, 0.15) is 0 Å². The third-order valence-electron chi connectivity index (χ3n) is 9.33. The molecule has 8 rings (SSSR count). The molecule has 1 heteroatoms. The zero-order chi connectivity index (χ0) is 16.6. The molecule has 0 saturated heterocycles. The highest BCUT2D eigenvalue weighted by Gasteiger charge is 2.62. The lowest BCUT2D eigenvalue weighted by Gasteiger charge is -2.66. The standard InChI is InChI=1S/C24H35P/c1-2-3-4-25(23-11-17-5-18(12-23)7-19(6-17)13-23)24-14-20-8-21(15-24)10-22(9-20)16-24/h17-22H,2,5-16H2,1H3. The lowest BCUT2D eigenvalue weighted by molar-refractivity contribution is 0.0196. The summed E-state index contributed by atoms with van der Waals surface area (Å²) in [6.45, 7) is 2.28. The molecule has 0 heterocycles. The van der Waals surface area contributed by atoms with Crippen molar-refractivity contribution in [3.05, 3.63) is 0 Å². The molecule has 0 aromatic carbocycles. The van der Waals surface area contributed by atoms with Crippen molar-refractivity contribution in [1.29, 1.82) is 0 Å². The average molecular weight is 355 g/mol. The molecular weight excluding hydrogens is 319 g/mol. The summed E-state index contributed by atoms with van der Waals surface area (Å²) in [5, 5.41) is 1.41. The molecule has 0 aromatic rings. The van der Waals surface area contributed by atoms with Crippen LogP contribution in [0.25, 0.3) is 0 Å². The van der Waals surface area contributed by atoms with Gasteiger partial charge >= 0.3 is 0 Å². The second-order valence-electron chi connectivity index (χ2n) is 11.3. The topological polar surface area (TPSA) is 0 Å². The third kappa shape index (κ3) is 2.37. The molecule has 136 valence electrons. The van der Waals surface area contributed by atoms with Crippen LogP contribution in [0.5, 0.6) is 0 Å². The van der Waals surface area contributed by atoms with Gasteiger partial charge in [0.15, 0.2) is 0 Å². The maximum absolute atomic E-state index is 4.10. The summed E-state index contributed by atoms with van der Waals surface area (Å²) in [7, 11) is -0.0759. The maximum Gasteiger partial charge on any atom is 0.00637 e. The van der Waals surface area contributed by atoms with Gasteiger partial charge in [0.25, 0.3) is 0 Å². The number of hydrogen-bond donors (Lipinski definition) is 0. The van der Waals surface area contributed by atoms with Crippen LogP contribution in [0.1, 0.15) is 90.4 Å². The Morgan fingerprint density at radius 2 is 0.960 bits per heavy atom. The maximum atomic E-state index is 4.10. The molecule has 0 N–H and O–H groups in total. The molecule has 8 saturated carbocycles. The van der Waals surface area contributed by atoms with Crippen molar-refractivity contribution >= 4 is 7.92 Å². The quantitative estimate of drug-likeness (QED) is 0.379. The predicted molar refractivity (Wildman–Crippen MR) is 107 cm³/mol. The first-order valence-corrected chi connectivity index (χ1v) is 12.8. The van der Waals surface area contributed by atoms with Crippen LogP contribution < -0.4 is 0 Å². The van der Waals surface area contributed by atoms with Gasteiger partial charge in [-0.3, -0.25) is 0 Å². The predicted octanol–water partition coefficient (Wildman–Crippen LogP) is 6.78. The van der Waals surface area contributed by atoms with Crippen molar-refractivity contribution in [2.24, 2.45) is 35.5 Å². The van der Waals surface area contributed by atoms with Crippen LogP contribution in [-0.2, 0) is 0 Å². The van der Waals surface area contributed by atoms with Crippen LogP contribution >= 0.6 is 7.92 Å². The molecule has 0 amide bonds. The van der Waals surface area contributed by atoms with Gasteiger partial charge in [-0.2, -0.15) is 0 Å². The van der Waals surface area contributed by atoms with Gasteiger partial charge in [-0.15, -0.1) is 0 Å². The third-order valence-corrected chi connectivity index (χ3v) is 12.7. The van der Waals surface area contributed by atoms with Gasteiger partial charge in [-0.05, 0) is 120 Å². The second-order valence-corrected chi connectivity index (χ2v) is 14.1. The Kier molecular flexibility index (Phi) is 3.52. The highest BCUT2D eigenvalue weighted by Crippen LogP contribution is 2.78. The summed E-state index contributed by atoms with van der Waals surface area (Å²) in [6.07, 6.45) is 20.1. The molecule has 0 spiro atoms. The molecule has 8 aliphatic carbocycles. The summed E-state index contributed by atoms with van der Waals surface area (Å²) in [5.41, 5.74) is 4.10. The lowest BCUT2D eigenvalue weighted by atomic mass is 9.55. The van der Waals surface area contributed by atoms with Gasteiger partial charge in [-0.1, -0.05) is 18.5 Å². The van der Waals surface area contributed by atoms with Gasteiger partial charge in [0, 0.05) is 16.7 Å². The normalized spacial score (nSPS) is 55.9.